The molecule has 3 rings (SSSR count). The Balaban J connectivity index is 2.06. The molecule has 0 unspecified atom stereocenters. The SMILES string of the molecule is CCOC(=O)[C@H](C)Oc1c(Br)cc(C=Nn2c(C(C)(C)C)nc3ccc(Br)cc3c2=O)cc1OC. The summed E-state index contributed by atoms with van der Waals surface area (Å²) in [5.74, 6) is 0.801. The third-order valence-electron chi connectivity index (χ3n) is 4.97. The number of esters is 1. The molecule has 10 heteroatoms. The van der Waals surface area contributed by atoms with Gasteiger partial charge in [-0.2, -0.15) is 9.78 Å². The molecule has 1 heterocycles. The number of carbonyl (C=O) groups excluding carboxylic acids is 1. The Morgan fingerprint density at radius 2 is 1.94 bits per heavy atom. The first kappa shape index (κ1) is 26.9. The van der Waals surface area contributed by atoms with E-state index in [1.165, 1.54) is 11.8 Å². The first-order valence-corrected chi connectivity index (χ1v) is 12.5. The number of hydrogen-bond donors (Lipinski definition) is 0. The van der Waals surface area contributed by atoms with E-state index in [2.05, 4.69) is 37.0 Å². The number of hydrogen-bond acceptors (Lipinski definition) is 7. The van der Waals surface area contributed by atoms with Crippen molar-refractivity contribution in [2.45, 2.75) is 46.1 Å². The molecule has 0 bridgehead atoms. The second kappa shape index (κ2) is 10.9. The van der Waals surface area contributed by atoms with Gasteiger partial charge in [-0.25, -0.2) is 9.78 Å². The minimum atomic E-state index is -0.824. The van der Waals surface area contributed by atoms with E-state index in [1.807, 2.05) is 32.9 Å². The zero-order valence-corrected chi connectivity index (χ0v) is 23.6. The average Bonchev–Trinajstić information content (AvgIpc) is 2.79. The summed E-state index contributed by atoms with van der Waals surface area (Å²) < 4.78 is 18.9. The van der Waals surface area contributed by atoms with Gasteiger partial charge >= 0.3 is 5.97 Å². The summed E-state index contributed by atoms with van der Waals surface area (Å²) in [6.07, 6.45) is 0.726. The molecule has 0 N–H and O–H groups in total. The molecular weight excluding hydrogens is 582 g/mol. The molecule has 0 spiro atoms. The van der Waals surface area contributed by atoms with Crippen molar-refractivity contribution in [3.63, 3.8) is 0 Å². The first-order chi connectivity index (χ1) is 16.5. The molecule has 0 aliphatic rings. The van der Waals surface area contributed by atoms with Gasteiger partial charge in [0.15, 0.2) is 17.6 Å². The third kappa shape index (κ3) is 6.10. The van der Waals surface area contributed by atoms with Gasteiger partial charge in [-0.05, 0) is 65.7 Å². The van der Waals surface area contributed by atoms with E-state index in [4.69, 9.17) is 19.2 Å². The maximum Gasteiger partial charge on any atom is 0.347 e. The van der Waals surface area contributed by atoms with Crippen molar-refractivity contribution in [2.75, 3.05) is 13.7 Å². The van der Waals surface area contributed by atoms with Crippen molar-refractivity contribution >= 4 is 54.9 Å². The Labute approximate surface area is 220 Å². The Bertz CT molecular complexity index is 1350. The van der Waals surface area contributed by atoms with Gasteiger partial charge in [0, 0.05) is 9.89 Å². The summed E-state index contributed by atoms with van der Waals surface area (Å²) >= 11 is 6.89. The molecule has 2 aromatic carbocycles. The number of rotatable bonds is 7. The first-order valence-electron chi connectivity index (χ1n) is 10.9. The maximum absolute atomic E-state index is 13.3. The quantitative estimate of drug-likeness (QED) is 0.262. The summed E-state index contributed by atoms with van der Waals surface area (Å²) in [7, 11) is 1.50. The summed E-state index contributed by atoms with van der Waals surface area (Å²) in [4.78, 5) is 30.0. The number of benzene rings is 2. The minimum Gasteiger partial charge on any atom is -0.493 e. The monoisotopic (exact) mass is 607 g/mol. The lowest BCUT2D eigenvalue weighted by atomic mass is 9.95. The number of aromatic nitrogens is 2. The van der Waals surface area contributed by atoms with E-state index in [-0.39, 0.29) is 12.2 Å². The third-order valence-corrected chi connectivity index (χ3v) is 6.05. The second-order valence-corrected chi connectivity index (χ2v) is 10.5. The van der Waals surface area contributed by atoms with Gasteiger partial charge in [0.05, 0.1) is 35.3 Å². The van der Waals surface area contributed by atoms with Gasteiger partial charge in [-0.1, -0.05) is 36.7 Å². The fourth-order valence-corrected chi connectivity index (χ4v) is 4.19. The normalized spacial score (nSPS) is 12.7. The molecule has 3 aromatic rings. The Hall–Kier alpha value is -2.72. The van der Waals surface area contributed by atoms with Crippen molar-refractivity contribution < 1.29 is 19.0 Å². The van der Waals surface area contributed by atoms with Crippen LogP contribution in [0.4, 0.5) is 0 Å². The van der Waals surface area contributed by atoms with Crippen molar-refractivity contribution in [3.05, 3.63) is 61.0 Å². The van der Waals surface area contributed by atoms with E-state index in [0.717, 1.165) is 4.47 Å². The lowest BCUT2D eigenvalue weighted by Crippen LogP contribution is -2.29. The number of halogens is 2. The predicted octanol–water partition coefficient (Wildman–Crippen LogP) is 5.44. The fraction of sp³-hybridized carbons (Fsp3) is 0.360. The highest BCUT2D eigenvalue weighted by Gasteiger charge is 2.23. The van der Waals surface area contributed by atoms with Gasteiger partial charge < -0.3 is 14.2 Å². The molecule has 1 atom stereocenters. The second-order valence-electron chi connectivity index (χ2n) is 8.75. The molecule has 0 radical (unpaired) electrons. The van der Waals surface area contributed by atoms with Crippen LogP contribution in [0.15, 0.2) is 49.2 Å². The average molecular weight is 609 g/mol. The lowest BCUT2D eigenvalue weighted by molar-refractivity contribution is -0.150. The Morgan fingerprint density at radius 3 is 2.57 bits per heavy atom. The molecule has 0 saturated carbocycles. The molecule has 0 saturated heterocycles. The van der Waals surface area contributed by atoms with Crippen LogP contribution in [0.1, 0.15) is 46.0 Å². The molecule has 0 aliphatic heterocycles. The fourth-order valence-electron chi connectivity index (χ4n) is 3.28. The summed E-state index contributed by atoms with van der Waals surface area (Å²) in [6, 6.07) is 8.85. The molecule has 0 fully saturated rings. The zero-order valence-electron chi connectivity index (χ0n) is 20.4. The number of nitrogens with zero attached hydrogens (tertiary/aromatic N) is 3. The van der Waals surface area contributed by atoms with Crippen LogP contribution >= 0.6 is 31.9 Å². The molecular formula is C25H27Br2N3O5. The van der Waals surface area contributed by atoms with Crippen LogP contribution < -0.4 is 15.0 Å². The van der Waals surface area contributed by atoms with Crippen LogP contribution in [0.5, 0.6) is 11.5 Å². The van der Waals surface area contributed by atoms with Crippen LogP contribution in [-0.2, 0) is 14.9 Å². The van der Waals surface area contributed by atoms with Gasteiger partial charge in [0.2, 0.25) is 0 Å². The van der Waals surface area contributed by atoms with Crippen LogP contribution in [0, 0.1) is 0 Å². The number of methoxy groups -OCH3 is 1. The van der Waals surface area contributed by atoms with Crippen LogP contribution in [0.3, 0.4) is 0 Å². The van der Waals surface area contributed by atoms with Crippen molar-refractivity contribution in [3.8, 4) is 11.5 Å². The van der Waals surface area contributed by atoms with Crippen molar-refractivity contribution in [1.29, 1.82) is 0 Å². The number of carbonyl (C=O) groups is 1. The highest BCUT2D eigenvalue weighted by Crippen LogP contribution is 2.37. The van der Waals surface area contributed by atoms with Crippen LogP contribution in [0.2, 0.25) is 0 Å². The van der Waals surface area contributed by atoms with Crippen LogP contribution in [-0.4, -0.2) is 41.7 Å². The molecule has 8 nitrogen and oxygen atoms in total. The minimum absolute atomic E-state index is 0.261. The number of fused-ring (bicyclic) bond motifs is 1. The highest BCUT2D eigenvalue weighted by molar-refractivity contribution is 9.10. The lowest BCUT2D eigenvalue weighted by Gasteiger charge is -2.21. The van der Waals surface area contributed by atoms with E-state index in [9.17, 15) is 9.59 Å². The Kier molecular flexibility index (Phi) is 8.38. The van der Waals surface area contributed by atoms with Crippen molar-refractivity contribution in [2.24, 2.45) is 5.10 Å². The van der Waals surface area contributed by atoms with Gasteiger partial charge in [0.1, 0.15) is 5.82 Å². The van der Waals surface area contributed by atoms with E-state index < -0.39 is 17.5 Å². The molecule has 0 amide bonds. The van der Waals surface area contributed by atoms with E-state index in [1.54, 1.807) is 38.3 Å². The molecule has 35 heavy (non-hydrogen) atoms. The zero-order chi connectivity index (χ0) is 25.9. The van der Waals surface area contributed by atoms with E-state index >= 15 is 0 Å². The molecule has 1 aromatic heterocycles. The topological polar surface area (TPSA) is 92.0 Å². The smallest absolute Gasteiger partial charge is 0.347 e. The van der Waals surface area contributed by atoms with Gasteiger partial charge in [0.25, 0.3) is 5.56 Å². The maximum atomic E-state index is 13.3. The van der Waals surface area contributed by atoms with Gasteiger partial charge in [-0.15, -0.1) is 0 Å². The van der Waals surface area contributed by atoms with Crippen LogP contribution in [0.25, 0.3) is 10.9 Å². The standard InChI is InChI=1S/C25H27Br2N3O5/c1-7-34-23(32)14(2)35-21-18(27)10-15(11-20(21)33-6)13-28-30-22(31)17-12-16(26)8-9-19(17)29-24(30)25(3,4)5/h8-14H,7H2,1-6H3/t14-/m0/s1. The predicted molar refractivity (Wildman–Crippen MR) is 143 cm³/mol. The molecule has 0 aliphatic carbocycles. The highest BCUT2D eigenvalue weighted by atomic mass is 79.9. The summed E-state index contributed by atoms with van der Waals surface area (Å²) in [5.41, 5.74) is 0.547. The number of ether oxygens (including phenoxy) is 3. The molecule has 186 valence electrons. The summed E-state index contributed by atoms with van der Waals surface area (Å²) in [5, 5.41) is 4.95. The van der Waals surface area contributed by atoms with Crippen molar-refractivity contribution in [1.82, 2.24) is 9.66 Å². The largest absolute Gasteiger partial charge is 0.493 e. The Morgan fingerprint density at radius 1 is 1.23 bits per heavy atom. The summed E-state index contributed by atoms with van der Waals surface area (Å²) in [6.45, 7) is 9.52. The van der Waals surface area contributed by atoms with E-state index in [0.29, 0.717) is 38.3 Å². The van der Waals surface area contributed by atoms with Gasteiger partial charge in [-0.3, -0.25) is 4.79 Å².